The molecule has 122 valence electrons. The number of hydrogen-bond acceptors (Lipinski definition) is 4. The van der Waals surface area contributed by atoms with Crippen molar-refractivity contribution in [2.75, 3.05) is 26.2 Å². The summed E-state index contributed by atoms with van der Waals surface area (Å²) >= 11 is 5.85. The predicted octanol–water partition coefficient (Wildman–Crippen LogP) is 1.45. The van der Waals surface area contributed by atoms with Gasteiger partial charge in [0, 0.05) is 32.1 Å². The first-order valence-electron chi connectivity index (χ1n) is 7.42. The quantitative estimate of drug-likeness (QED) is 0.823. The summed E-state index contributed by atoms with van der Waals surface area (Å²) in [5.74, 6) is 0.285. The minimum atomic E-state index is -3.68. The standard InChI is InChI=1S/C15H16ClN3O3S/c16-14-4-3-13(9-12(14)10-17)23(21,22)19-7-5-18(6-8-19)15(20)11-1-2-11/h3-4,9,11H,1-2,5-8H2. The van der Waals surface area contributed by atoms with Crippen molar-refractivity contribution in [3.8, 4) is 6.07 Å². The van der Waals surface area contributed by atoms with Gasteiger partial charge in [-0.25, -0.2) is 8.42 Å². The normalized spacial score (nSPS) is 19.4. The maximum Gasteiger partial charge on any atom is 0.243 e. The van der Waals surface area contributed by atoms with E-state index in [1.165, 1.54) is 22.5 Å². The Kier molecular flexibility index (Phi) is 4.32. The second-order valence-corrected chi connectivity index (χ2v) is 8.10. The van der Waals surface area contributed by atoms with Crippen molar-refractivity contribution in [2.24, 2.45) is 5.92 Å². The molecule has 6 nitrogen and oxygen atoms in total. The third-order valence-electron chi connectivity index (χ3n) is 4.17. The molecule has 8 heteroatoms. The lowest BCUT2D eigenvalue weighted by Crippen LogP contribution is -2.50. The number of nitrogens with zero attached hydrogens (tertiary/aromatic N) is 3. The van der Waals surface area contributed by atoms with Gasteiger partial charge in [0.25, 0.3) is 0 Å². The molecule has 0 spiro atoms. The Balaban J connectivity index is 1.74. The maximum absolute atomic E-state index is 12.7. The van der Waals surface area contributed by atoms with Crippen molar-refractivity contribution < 1.29 is 13.2 Å². The zero-order valence-electron chi connectivity index (χ0n) is 12.4. The zero-order valence-corrected chi connectivity index (χ0v) is 14.0. The highest BCUT2D eigenvalue weighted by Crippen LogP contribution is 2.31. The van der Waals surface area contributed by atoms with Crippen LogP contribution in [0.25, 0.3) is 0 Å². The van der Waals surface area contributed by atoms with E-state index in [2.05, 4.69) is 0 Å². The zero-order chi connectivity index (χ0) is 16.6. The fourth-order valence-corrected chi connectivity index (χ4v) is 4.25. The van der Waals surface area contributed by atoms with Gasteiger partial charge in [0.2, 0.25) is 15.9 Å². The van der Waals surface area contributed by atoms with Crippen LogP contribution >= 0.6 is 11.6 Å². The molecule has 0 aromatic heterocycles. The van der Waals surface area contributed by atoms with Crippen molar-refractivity contribution in [1.82, 2.24) is 9.21 Å². The van der Waals surface area contributed by atoms with Gasteiger partial charge in [0.15, 0.2) is 0 Å². The third kappa shape index (κ3) is 3.20. The van der Waals surface area contributed by atoms with Crippen molar-refractivity contribution in [1.29, 1.82) is 5.26 Å². The van der Waals surface area contributed by atoms with Gasteiger partial charge in [0.1, 0.15) is 6.07 Å². The summed E-state index contributed by atoms with van der Waals surface area (Å²) in [6, 6.07) is 5.99. The molecule has 2 aliphatic rings. The molecule has 0 radical (unpaired) electrons. The first-order chi connectivity index (χ1) is 10.9. The molecule has 1 aromatic rings. The average molecular weight is 354 g/mol. The van der Waals surface area contributed by atoms with Gasteiger partial charge in [-0.3, -0.25) is 4.79 Å². The molecule has 1 saturated heterocycles. The second kappa shape index (κ2) is 6.11. The summed E-state index contributed by atoms with van der Waals surface area (Å²) in [6.07, 6.45) is 1.89. The summed E-state index contributed by atoms with van der Waals surface area (Å²) in [7, 11) is -3.68. The van der Waals surface area contributed by atoms with Gasteiger partial charge in [-0.05, 0) is 31.0 Å². The fourth-order valence-electron chi connectivity index (χ4n) is 2.64. The summed E-state index contributed by atoms with van der Waals surface area (Å²) < 4.78 is 26.7. The number of hydrogen-bond donors (Lipinski definition) is 0. The maximum atomic E-state index is 12.7. The fraction of sp³-hybridized carbons (Fsp3) is 0.467. The number of piperazine rings is 1. The Bertz CT molecular complexity index is 776. The van der Waals surface area contributed by atoms with Crippen LogP contribution in [0.3, 0.4) is 0 Å². The molecule has 1 amide bonds. The van der Waals surface area contributed by atoms with E-state index in [1.807, 2.05) is 6.07 Å². The van der Waals surface area contributed by atoms with Crippen LogP contribution in [0, 0.1) is 17.2 Å². The number of benzene rings is 1. The Morgan fingerprint density at radius 3 is 2.43 bits per heavy atom. The number of sulfonamides is 1. The molecule has 1 aromatic carbocycles. The lowest BCUT2D eigenvalue weighted by atomic mass is 10.2. The SMILES string of the molecule is N#Cc1cc(S(=O)(=O)N2CCN(C(=O)C3CC3)CC2)ccc1Cl. The molecule has 2 fully saturated rings. The van der Waals surface area contributed by atoms with E-state index in [-0.39, 0.29) is 40.4 Å². The van der Waals surface area contributed by atoms with Gasteiger partial charge in [-0.15, -0.1) is 0 Å². The number of rotatable bonds is 3. The minimum absolute atomic E-state index is 0.0559. The predicted molar refractivity (Wildman–Crippen MR) is 84.2 cm³/mol. The van der Waals surface area contributed by atoms with E-state index < -0.39 is 10.0 Å². The van der Waals surface area contributed by atoms with Crippen LogP contribution in [0.5, 0.6) is 0 Å². The van der Waals surface area contributed by atoms with Crippen molar-refractivity contribution in [3.05, 3.63) is 28.8 Å². The Morgan fingerprint density at radius 1 is 1.22 bits per heavy atom. The highest BCUT2D eigenvalue weighted by Gasteiger charge is 2.36. The Morgan fingerprint density at radius 2 is 1.87 bits per heavy atom. The first kappa shape index (κ1) is 16.2. The summed E-state index contributed by atoms with van der Waals surface area (Å²) in [5.41, 5.74) is 0.135. The molecular formula is C15H16ClN3O3S. The van der Waals surface area contributed by atoms with Crippen LogP contribution in [0.4, 0.5) is 0 Å². The minimum Gasteiger partial charge on any atom is -0.340 e. The average Bonchev–Trinajstić information content (AvgIpc) is 3.39. The van der Waals surface area contributed by atoms with Gasteiger partial charge in [-0.2, -0.15) is 9.57 Å². The molecule has 0 unspecified atom stereocenters. The smallest absolute Gasteiger partial charge is 0.243 e. The molecule has 0 bridgehead atoms. The monoisotopic (exact) mass is 353 g/mol. The molecule has 1 aliphatic carbocycles. The largest absolute Gasteiger partial charge is 0.340 e. The van der Waals surface area contributed by atoms with Crippen LogP contribution in [0.2, 0.25) is 5.02 Å². The number of carbonyl (C=O) groups excluding carboxylic acids is 1. The molecular weight excluding hydrogens is 338 g/mol. The van der Waals surface area contributed by atoms with Crippen LogP contribution in [-0.2, 0) is 14.8 Å². The molecule has 1 aliphatic heterocycles. The highest BCUT2D eigenvalue weighted by molar-refractivity contribution is 7.89. The van der Waals surface area contributed by atoms with Crippen LogP contribution in [-0.4, -0.2) is 49.7 Å². The molecule has 1 saturated carbocycles. The number of amides is 1. The number of halogens is 1. The lowest BCUT2D eigenvalue weighted by Gasteiger charge is -2.34. The van der Waals surface area contributed by atoms with Crippen LogP contribution in [0.1, 0.15) is 18.4 Å². The van der Waals surface area contributed by atoms with Gasteiger partial charge < -0.3 is 4.90 Å². The molecule has 1 heterocycles. The first-order valence-corrected chi connectivity index (χ1v) is 9.24. The van der Waals surface area contributed by atoms with E-state index in [1.54, 1.807) is 4.90 Å². The number of carbonyl (C=O) groups is 1. The van der Waals surface area contributed by atoms with Crippen molar-refractivity contribution in [3.63, 3.8) is 0 Å². The topological polar surface area (TPSA) is 81.5 Å². The Hall–Kier alpha value is -1.62. The van der Waals surface area contributed by atoms with E-state index in [0.717, 1.165) is 12.8 Å². The van der Waals surface area contributed by atoms with Gasteiger partial charge in [-0.1, -0.05) is 11.6 Å². The molecule has 0 N–H and O–H groups in total. The van der Waals surface area contributed by atoms with E-state index >= 15 is 0 Å². The van der Waals surface area contributed by atoms with Crippen LogP contribution < -0.4 is 0 Å². The lowest BCUT2D eigenvalue weighted by molar-refractivity contribution is -0.133. The summed E-state index contributed by atoms with van der Waals surface area (Å²) in [6.45, 7) is 1.36. The molecule has 3 rings (SSSR count). The van der Waals surface area contributed by atoms with E-state index in [0.29, 0.717) is 13.1 Å². The van der Waals surface area contributed by atoms with Crippen molar-refractivity contribution >= 4 is 27.5 Å². The van der Waals surface area contributed by atoms with Gasteiger partial charge >= 0.3 is 0 Å². The molecule has 0 atom stereocenters. The second-order valence-electron chi connectivity index (χ2n) is 5.76. The van der Waals surface area contributed by atoms with Crippen molar-refractivity contribution in [2.45, 2.75) is 17.7 Å². The number of nitriles is 1. The van der Waals surface area contributed by atoms with Gasteiger partial charge in [0.05, 0.1) is 15.5 Å². The highest BCUT2D eigenvalue weighted by atomic mass is 35.5. The van der Waals surface area contributed by atoms with E-state index in [4.69, 9.17) is 16.9 Å². The summed E-state index contributed by atoms with van der Waals surface area (Å²) in [5, 5.41) is 9.21. The Labute approximate surface area is 140 Å². The van der Waals surface area contributed by atoms with Crippen LogP contribution in [0.15, 0.2) is 23.1 Å². The molecule has 23 heavy (non-hydrogen) atoms. The van der Waals surface area contributed by atoms with E-state index in [9.17, 15) is 13.2 Å². The summed E-state index contributed by atoms with van der Waals surface area (Å²) in [4.78, 5) is 13.8. The third-order valence-corrected chi connectivity index (χ3v) is 6.40.